The number of hydrogen-bond donors (Lipinski definition) is 1. The summed E-state index contributed by atoms with van der Waals surface area (Å²) in [6.45, 7) is 7.27. The molecular weight excluding hydrogens is 343 g/mol. The van der Waals surface area contributed by atoms with E-state index in [4.69, 9.17) is 9.47 Å². The van der Waals surface area contributed by atoms with Crippen LogP contribution in [-0.4, -0.2) is 39.0 Å². The fourth-order valence-electron chi connectivity index (χ4n) is 2.04. The van der Waals surface area contributed by atoms with Crippen molar-refractivity contribution in [1.29, 1.82) is 0 Å². The minimum Gasteiger partial charge on any atom is -0.461 e. The van der Waals surface area contributed by atoms with Gasteiger partial charge in [-0.05, 0) is 39.3 Å². The van der Waals surface area contributed by atoms with E-state index >= 15 is 0 Å². The molecule has 1 amide bonds. The Kier molecular flexibility index (Phi) is 5.91. The number of hydrogen-bond acceptors (Lipinski definition) is 6. The highest BCUT2D eigenvalue weighted by Gasteiger charge is 2.17. The molecule has 2 aromatic heterocycles. The number of halogens is 1. The summed E-state index contributed by atoms with van der Waals surface area (Å²) in [6, 6.07) is 1.20. The minimum atomic E-state index is -0.806. The van der Waals surface area contributed by atoms with Crippen LogP contribution in [-0.2, 0) is 16.0 Å². The third-order valence-corrected chi connectivity index (χ3v) is 2.99. The maximum atomic E-state index is 14.0. The van der Waals surface area contributed by atoms with Crippen molar-refractivity contribution in [2.75, 3.05) is 11.9 Å². The Hall–Kier alpha value is -2.97. The highest BCUT2D eigenvalue weighted by molar-refractivity contribution is 5.87. The molecule has 0 radical (unpaired) electrons. The van der Waals surface area contributed by atoms with E-state index in [0.29, 0.717) is 11.3 Å². The van der Waals surface area contributed by atoms with E-state index in [1.807, 2.05) is 0 Å². The number of amides is 1. The number of nitrogens with zero attached hydrogens (tertiary/aromatic N) is 3. The van der Waals surface area contributed by atoms with Crippen LogP contribution < -0.4 is 5.32 Å². The first-order valence-corrected chi connectivity index (χ1v) is 8.02. The summed E-state index contributed by atoms with van der Waals surface area (Å²) in [6.07, 6.45) is 3.79. The number of carbonyl (C=O) groups is 2. The summed E-state index contributed by atoms with van der Waals surface area (Å²) in [5.41, 5.74) is -0.0223. The molecule has 8 nitrogen and oxygen atoms in total. The zero-order valence-electron chi connectivity index (χ0n) is 15.1. The lowest BCUT2D eigenvalue weighted by Crippen LogP contribution is -2.27. The Balaban J connectivity index is 2.01. The molecule has 0 bridgehead atoms. The van der Waals surface area contributed by atoms with Gasteiger partial charge in [-0.1, -0.05) is 0 Å². The van der Waals surface area contributed by atoms with Gasteiger partial charge < -0.3 is 9.47 Å². The van der Waals surface area contributed by atoms with Crippen LogP contribution in [0.15, 0.2) is 24.7 Å². The van der Waals surface area contributed by atoms with E-state index in [1.165, 1.54) is 23.1 Å². The molecule has 0 saturated heterocycles. The Bertz CT molecular complexity index is 798. The van der Waals surface area contributed by atoms with Crippen molar-refractivity contribution in [2.24, 2.45) is 0 Å². The number of rotatable bonds is 5. The molecule has 1 N–H and O–H groups in total. The van der Waals surface area contributed by atoms with Crippen molar-refractivity contribution in [3.05, 3.63) is 41.7 Å². The Morgan fingerprint density at radius 2 is 2.04 bits per heavy atom. The van der Waals surface area contributed by atoms with Gasteiger partial charge in [0.1, 0.15) is 5.60 Å². The van der Waals surface area contributed by atoms with Crippen molar-refractivity contribution in [2.45, 2.75) is 39.8 Å². The fraction of sp³-hybridized carbons (Fsp3) is 0.412. The first-order valence-electron chi connectivity index (χ1n) is 8.02. The molecule has 2 heterocycles. The lowest BCUT2D eigenvalue weighted by atomic mass is 10.2. The standard InChI is InChI=1S/C17H21FN4O4/c1-5-25-15(23)14-13(18)6-11(7-19-14)9-22-10-12(8-20-22)21-16(24)26-17(2,3)4/h6-8,10H,5,9H2,1-4H3,(H,21,24). The lowest BCUT2D eigenvalue weighted by Gasteiger charge is -2.19. The van der Waals surface area contributed by atoms with Crippen LogP contribution >= 0.6 is 0 Å². The molecule has 0 aliphatic heterocycles. The van der Waals surface area contributed by atoms with Crippen molar-refractivity contribution >= 4 is 17.7 Å². The van der Waals surface area contributed by atoms with E-state index in [2.05, 4.69) is 15.4 Å². The van der Waals surface area contributed by atoms with Gasteiger partial charge in [0.05, 0.1) is 25.0 Å². The normalized spacial score (nSPS) is 11.1. The van der Waals surface area contributed by atoms with Crippen LogP contribution in [0, 0.1) is 5.82 Å². The monoisotopic (exact) mass is 364 g/mol. The van der Waals surface area contributed by atoms with Gasteiger partial charge in [0.15, 0.2) is 11.5 Å². The van der Waals surface area contributed by atoms with Crippen LogP contribution in [0.3, 0.4) is 0 Å². The molecule has 0 aliphatic rings. The number of nitrogens with one attached hydrogen (secondary N) is 1. The molecule has 0 saturated carbocycles. The number of carbonyl (C=O) groups excluding carboxylic acids is 2. The highest BCUT2D eigenvalue weighted by Crippen LogP contribution is 2.13. The average Bonchev–Trinajstić information content (AvgIpc) is 2.92. The van der Waals surface area contributed by atoms with Gasteiger partial charge >= 0.3 is 12.1 Å². The Labute approximate surface area is 150 Å². The van der Waals surface area contributed by atoms with Gasteiger partial charge in [-0.3, -0.25) is 10.00 Å². The van der Waals surface area contributed by atoms with E-state index in [0.717, 1.165) is 0 Å². The summed E-state index contributed by atoms with van der Waals surface area (Å²) < 4.78 is 25.4. The second-order valence-corrected chi connectivity index (χ2v) is 6.45. The van der Waals surface area contributed by atoms with Gasteiger partial charge in [0, 0.05) is 12.4 Å². The molecule has 0 fully saturated rings. The number of anilines is 1. The maximum Gasteiger partial charge on any atom is 0.412 e. The van der Waals surface area contributed by atoms with Crippen molar-refractivity contribution in [3.63, 3.8) is 0 Å². The van der Waals surface area contributed by atoms with Crippen LogP contribution in [0.25, 0.3) is 0 Å². The predicted octanol–water partition coefficient (Wildman–Crippen LogP) is 2.99. The first kappa shape index (κ1) is 19.4. The van der Waals surface area contributed by atoms with E-state index < -0.39 is 23.5 Å². The van der Waals surface area contributed by atoms with E-state index in [1.54, 1.807) is 33.9 Å². The molecule has 0 aliphatic carbocycles. The van der Waals surface area contributed by atoms with Crippen LogP contribution in [0.5, 0.6) is 0 Å². The highest BCUT2D eigenvalue weighted by atomic mass is 19.1. The second-order valence-electron chi connectivity index (χ2n) is 6.45. The van der Waals surface area contributed by atoms with Gasteiger partial charge in [0.25, 0.3) is 0 Å². The van der Waals surface area contributed by atoms with Crippen LogP contribution in [0.2, 0.25) is 0 Å². The number of aromatic nitrogens is 3. The first-order chi connectivity index (χ1) is 12.2. The van der Waals surface area contributed by atoms with Crippen molar-refractivity contribution < 1.29 is 23.5 Å². The summed E-state index contributed by atoms with van der Waals surface area (Å²) in [4.78, 5) is 27.1. The predicted molar refractivity (Wildman–Crippen MR) is 91.3 cm³/mol. The third-order valence-electron chi connectivity index (χ3n) is 2.99. The number of pyridine rings is 1. The number of esters is 1. The summed E-state index contributed by atoms with van der Waals surface area (Å²) >= 11 is 0. The topological polar surface area (TPSA) is 95.3 Å². The Morgan fingerprint density at radius 3 is 2.65 bits per heavy atom. The third kappa shape index (κ3) is 5.54. The smallest absolute Gasteiger partial charge is 0.412 e. The molecule has 2 aromatic rings. The molecule has 0 aromatic carbocycles. The molecular formula is C17H21FN4O4. The maximum absolute atomic E-state index is 14.0. The molecule has 0 atom stereocenters. The van der Waals surface area contributed by atoms with E-state index in [-0.39, 0.29) is 18.8 Å². The summed E-state index contributed by atoms with van der Waals surface area (Å²) in [5, 5.41) is 6.64. The van der Waals surface area contributed by atoms with E-state index in [9.17, 15) is 14.0 Å². The Morgan fingerprint density at radius 1 is 1.31 bits per heavy atom. The van der Waals surface area contributed by atoms with Crippen LogP contribution in [0.4, 0.5) is 14.9 Å². The van der Waals surface area contributed by atoms with Gasteiger partial charge in [-0.15, -0.1) is 0 Å². The molecule has 0 unspecified atom stereocenters. The zero-order valence-corrected chi connectivity index (χ0v) is 15.1. The second kappa shape index (κ2) is 7.94. The fourth-order valence-corrected chi connectivity index (χ4v) is 2.04. The summed E-state index contributed by atoms with van der Waals surface area (Å²) in [7, 11) is 0. The van der Waals surface area contributed by atoms with Gasteiger partial charge in [-0.2, -0.15) is 5.10 Å². The SMILES string of the molecule is CCOC(=O)c1ncc(Cn2cc(NC(=O)OC(C)(C)C)cn2)cc1F. The zero-order chi connectivity index (χ0) is 19.3. The minimum absolute atomic E-state index is 0.141. The average molecular weight is 364 g/mol. The molecule has 140 valence electrons. The van der Waals surface area contributed by atoms with Crippen molar-refractivity contribution in [1.82, 2.24) is 14.8 Å². The molecule has 26 heavy (non-hydrogen) atoms. The molecule has 2 rings (SSSR count). The lowest BCUT2D eigenvalue weighted by molar-refractivity contribution is 0.0512. The van der Waals surface area contributed by atoms with Crippen LogP contribution in [0.1, 0.15) is 43.7 Å². The number of ether oxygens (including phenoxy) is 2. The summed E-state index contributed by atoms with van der Waals surface area (Å²) in [5.74, 6) is -1.57. The van der Waals surface area contributed by atoms with Gasteiger partial charge in [-0.25, -0.2) is 19.0 Å². The largest absolute Gasteiger partial charge is 0.461 e. The van der Waals surface area contributed by atoms with Gasteiger partial charge in [0.2, 0.25) is 0 Å². The van der Waals surface area contributed by atoms with Crippen molar-refractivity contribution in [3.8, 4) is 0 Å². The molecule has 9 heteroatoms. The molecule has 0 spiro atoms. The quantitative estimate of drug-likeness (QED) is 0.820.